The Kier molecular flexibility index (Phi) is 4.93. The third-order valence-corrected chi connectivity index (χ3v) is 5.65. The van der Waals surface area contributed by atoms with Crippen LogP contribution in [0, 0.1) is 0 Å². The molecule has 1 aliphatic carbocycles. The number of carbonyl (C=O) groups is 1. The van der Waals surface area contributed by atoms with Crippen LogP contribution in [0.15, 0.2) is 30.5 Å². The first-order chi connectivity index (χ1) is 13.1. The summed E-state index contributed by atoms with van der Waals surface area (Å²) in [5.41, 5.74) is 2.12. The number of ether oxygens (including phenoxy) is 1. The van der Waals surface area contributed by atoms with Crippen LogP contribution in [0.2, 0.25) is 0 Å². The lowest BCUT2D eigenvalue weighted by atomic mass is 10.2. The smallest absolute Gasteiger partial charge is 0.225 e. The van der Waals surface area contributed by atoms with Crippen LogP contribution in [0.3, 0.4) is 0 Å². The predicted octanol–water partition coefficient (Wildman–Crippen LogP) is 2.83. The maximum atomic E-state index is 11.3. The Hall–Kier alpha value is -2.68. The minimum Gasteiger partial charge on any atom is -0.497 e. The summed E-state index contributed by atoms with van der Waals surface area (Å²) in [6.07, 6.45) is 4.63. The van der Waals surface area contributed by atoms with Crippen molar-refractivity contribution in [2.45, 2.75) is 37.5 Å². The summed E-state index contributed by atoms with van der Waals surface area (Å²) in [6, 6.07) is 7.82. The van der Waals surface area contributed by atoms with Crippen molar-refractivity contribution in [3.63, 3.8) is 0 Å². The molecular weight excluding hydrogens is 364 g/mol. The van der Waals surface area contributed by atoms with Crippen LogP contribution >= 0.6 is 11.8 Å². The SMILES string of the molecule is COc1ccc(-n2nnc3cnc(N[C@@H]4CC[C@@H](SC(C)=O)C4)nc32)cc1. The van der Waals surface area contributed by atoms with Crippen LogP contribution in [0.25, 0.3) is 16.9 Å². The predicted molar refractivity (Wildman–Crippen MR) is 104 cm³/mol. The fraction of sp³-hybridized carbons (Fsp3) is 0.389. The monoisotopic (exact) mass is 384 g/mol. The second-order valence-electron chi connectivity index (χ2n) is 6.49. The highest BCUT2D eigenvalue weighted by molar-refractivity contribution is 8.14. The molecule has 2 heterocycles. The van der Waals surface area contributed by atoms with Crippen molar-refractivity contribution in [3.8, 4) is 11.4 Å². The van der Waals surface area contributed by atoms with Gasteiger partial charge in [0.2, 0.25) is 5.95 Å². The highest BCUT2D eigenvalue weighted by Gasteiger charge is 2.26. The van der Waals surface area contributed by atoms with Gasteiger partial charge in [0.1, 0.15) is 5.75 Å². The Labute approximate surface area is 160 Å². The van der Waals surface area contributed by atoms with Crippen LogP contribution in [-0.4, -0.2) is 48.5 Å². The Balaban J connectivity index is 1.54. The quantitative estimate of drug-likeness (QED) is 0.717. The van der Waals surface area contributed by atoms with Gasteiger partial charge in [-0.25, -0.2) is 4.98 Å². The zero-order valence-corrected chi connectivity index (χ0v) is 15.9. The minimum absolute atomic E-state index is 0.174. The van der Waals surface area contributed by atoms with Crippen LogP contribution in [0.5, 0.6) is 5.75 Å². The van der Waals surface area contributed by atoms with E-state index in [-0.39, 0.29) is 11.2 Å². The van der Waals surface area contributed by atoms with E-state index >= 15 is 0 Å². The van der Waals surface area contributed by atoms with E-state index in [2.05, 4.69) is 25.6 Å². The summed E-state index contributed by atoms with van der Waals surface area (Å²) in [5.74, 6) is 1.33. The van der Waals surface area contributed by atoms with Gasteiger partial charge in [0.25, 0.3) is 0 Å². The van der Waals surface area contributed by atoms with Gasteiger partial charge in [-0.2, -0.15) is 9.67 Å². The summed E-state index contributed by atoms with van der Waals surface area (Å²) in [4.78, 5) is 20.3. The van der Waals surface area contributed by atoms with Crippen molar-refractivity contribution in [2.24, 2.45) is 0 Å². The lowest BCUT2D eigenvalue weighted by Gasteiger charge is -2.12. The summed E-state index contributed by atoms with van der Waals surface area (Å²) in [5, 5.41) is 12.3. The second-order valence-corrected chi connectivity index (χ2v) is 7.96. The molecule has 0 spiro atoms. The molecular formula is C18H20N6O2S. The van der Waals surface area contributed by atoms with Gasteiger partial charge in [0, 0.05) is 18.2 Å². The zero-order valence-electron chi connectivity index (χ0n) is 15.1. The van der Waals surface area contributed by atoms with E-state index in [0.29, 0.717) is 22.4 Å². The number of thioether (sulfide) groups is 1. The third kappa shape index (κ3) is 3.87. The number of fused-ring (bicyclic) bond motifs is 1. The number of nitrogens with zero attached hydrogens (tertiary/aromatic N) is 5. The van der Waals surface area contributed by atoms with Gasteiger partial charge in [-0.05, 0) is 43.5 Å². The lowest BCUT2D eigenvalue weighted by Crippen LogP contribution is -2.18. The van der Waals surface area contributed by atoms with E-state index in [1.54, 1.807) is 24.9 Å². The Morgan fingerprint density at radius 3 is 2.85 bits per heavy atom. The fourth-order valence-electron chi connectivity index (χ4n) is 3.29. The van der Waals surface area contributed by atoms with Crippen molar-refractivity contribution in [3.05, 3.63) is 30.5 Å². The Morgan fingerprint density at radius 1 is 1.30 bits per heavy atom. The molecule has 1 aromatic carbocycles. The van der Waals surface area contributed by atoms with Crippen LogP contribution in [-0.2, 0) is 4.79 Å². The molecule has 1 aliphatic rings. The summed E-state index contributed by atoms with van der Waals surface area (Å²) in [7, 11) is 1.63. The fourth-order valence-corrected chi connectivity index (χ4v) is 4.34. The molecule has 0 radical (unpaired) electrons. The van der Waals surface area contributed by atoms with E-state index in [9.17, 15) is 4.79 Å². The van der Waals surface area contributed by atoms with Crippen molar-refractivity contribution < 1.29 is 9.53 Å². The van der Waals surface area contributed by atoms with Gasteiger partial charge in [0.05, 0.1) is 19.0 Å². The molecule has 0 saturated heterocycles. The number of aromatic nitrogens is 5. The van der Waals surface area contributed by atoms with E-state index < -0.39 is 0 Å². The Morgan fingerprint density at radius 2 is 2.11 bits per heavy atom. The second kappa shape index (κ2) is 7.51. The number of anilines is 1. The summed E-state index contributed by atoms with van der Waals surface area (Å²) in [6.45, 7) is 1.62. The number of hydrogen-bond donors (Lipinski definition) is 1. The third-order valence-electron chi connectivity index (χ3n) is 4.56. The average molecular weight is 384 g/mol. The molecule has 2 aromatic heterocycles. The van der Waals surface area contributed by atoms with Crippen LogP contribution in [0.1, 0.15) is 26.2 Å². The molecule has 4 rings (SSSR count). The lowest BCUT2D eigenvalue weighted by molar-refractivity contribution is -0.109. The molecule has 0 unspecified atom stereocenters. The topological polar surface area (TPSA) is 94.8 Å². The number of hydrogen-bond acceptors (Lipinski definition) is 8. The molecule has 3 aromatic rings. The highest BCUT2D eigenvalue weighted by atomic mass is 32.2. The number of benzene rings is 1. The van der Waals surface area contributed by atoms with Crippen LogP contribution in [0.4, 0.5) is 5.95 Å². The zero-order chi connectivity index (χ0) is 18.8. The standard InChI is InChI=1S/C18H20N6O2S/c1-11(25)27-15-8-3-12(9-15)20-18-19-10-16-17(21-18)24(23-22-16)13-4-6-14(26-2)7-5-13/h4-7,10,12,15H,3,8-9H2,1-2H3,(H,19,20,21)/t12-,15-/m1/s1. The van der Waals surface area contributed by atoms with Gasteiger partial charge in [-0.3, -0.25) is 4.79 Å². The molecule has 27 heavy (non-hydrogen) atoms. The van der Waals surface area contributed by atoms with Gasteiger partial charge in [-0.15, -0.1) is 5.10 Å². The van der Waals surface area contributed by atoms with E-state index in [0.717, 1.165) is 30.7 Å². The largest absolute Gasteiger partial charge is 0.497 e. The summed E-state index contributed by atoms with van der Waals surface area (Å²) >= 11 is 1.43. The molecule has 8 nitrogen and oxygen atoms in total. The molecule has 0 amide bonds. The molecule has 0 bridgehead atoms. The van der Waals surface area contributed by atoms with E-state index in [1.165, 1.54) is 11.8 Å². The molecule has 2 atom stereocenters. The first-order valence-electron chi connectivity index (χ1n) is 8.79. The molecule has 140 valence electrons. The molecule has 1 N–H and O–H groups in total. The number of carbonyl (C=O) groups excluding carboxylic acids is 1. The van der Waals surface area contributed by atoms with Gasteiger partial charge >= 0.3 is 0 Å². The molecule has 1 saturated carbocycles. The maximum Gasteiger partial charge on any atom is 0.225 e. The maximum absolute atomic E-state index is 11.3. The van der Waals surface area contributed by atoms with Crippen molar-refractivity contribution in [2.75, 3.05) is 12.4 Å². The number of rotatable bonds is 5. The Bertz CT molecular complexity index is 958. The molecule has 9 heteroatoms. The van der Waals surface area contributed by atoms with E-state index in [1.807, 2.05) is 24.3 Å². The van der Waals surface area contributed by atoms with E-state index in [4.69, 9.17) is 4.74 Å². The molecule has 1 fully saturated rings. The molecule has 0 aliphatic heterocycles. The van der Waals surface area contributed by atoms with Gasteiger partial charge in [0.15, 0.2) is 16.3 Å². The number of nitrogens with one attached hydrogen (secondary N) is 1. The first kappa shape index (κ1) is 17.7. The normalized spacial score (nSPS) is 19.3. The number of methoxy groups -OCH3 is 1. The van der Waals surface area contributed by atoms with Crippen molar-refractivity contribution in [1.82, 2.24) is 25.0 Å². The van der Waals surface area contributed by atoms with Crippen LogP contribution < -0.4 is 10.1 Å². The first-order valence-corrected chi connectivity index (χ1v) is 9.67. The van der Waals surface area contributed by atoms with Gasteiger partial charge in [-0.1, -0.05) is 17.0 Å². The van der Waals surface area contributed by atoms with Crippen molar-refractivity contribution >= 4 is 34.0 Å². The van der Waals surface area contributed by atoms with Crippen molar-refractivity contribution in [1.29, 1.82) is 0 Å². The highest BCUT2D eigenvalue weighted by Crippen LogP contribution is 2.31. The van der Waals surface area contributed by atoms with Gasteiger partial charge < -0.3 is 10.1 Å². The average Bonchev–Trinajstić information content (AvgIpc) is 3.28. The summed E-state index contributed by atoms with van der Waals surface area (Å²) < 4.78 is 6.88. The minimum atomic E-state index is 0.174.